The fraction of sp³-hybridized carbons (Fsp3) is 0.538. The van der Waals surface area contributed by atoms with Crippen molar-refractivity contribution in [3.8, 4) is 0 Å². The number of hydrogen-bond acceptors (Lipinski definition) is 4. The van der Waals surface area contributed by atoms with Crippen LogP contribution in [0.3, 0.4) is 0 Å². The van der Waals surface area contributed by atoms with Gasteiger partial charge in [0, 0.05) is 24.8 Å². The summed E-state index contributed by atoms with van der Waals surface area (Å²) in [5.41, 5.74) is 0.387. The Morgan fingerprint density at radius 1 is 1.53 bits per heavy atom. The Balaban J connectivity index is 2.74. The summed E-state index contributed by atoms with van der Waals surface area (Å²) in [6.07, 6.45) is 1.10. The lowest BCUT2D eigenvalue weighted by atomic mass is 10.0. The molecule has 0 aromatic heterocycles. The molecule has 0 spiro atoms. The Morgan fingerprint density at radius 2 is 2.26 bits per heavy atom. The third kappa shape index (κ3) is 4.92. The zero-order valence-corrected chi connectivity index (χ0v) is 11.2. The fourth-order valence-corrected chi connectivity index (χ4v) is 2.00. The van der Waals surface area contributed by atoms with E-state index in [-0.39, 0.29) is 11.7 Å². The van der Waals surface area contributed by atoms with Gasteiger partial charge in [0.25, 0.3) is 5.69 Å². The van der Waals surface area contributed by atoms with Gasteiger partial charge in [0.15, 0.2) is 0 Å². The van der Waals surface area contributed by atoms with E-state index >= 15 is 0 Å². The second-order valence-corrected chi connectivity index (χ2v) is 4.28. The molecule has 19 heavy (non-hydrogen) atoms. The molecule has 0 aliphatic rings. The van der Waals surface area contributed by atoms with Crippen LogP contribution >= 0.6 is 0 Å². The molecule has 0 bridgehead atoms. The lowest BCUT2D eigenvalue weighted by Gasteiger charge is -2.16. The van der Waals surface area contributed by atoms with Crippen molar-refractivity contribution in [2.75, 3.05) is 20.3 Å². The van der Waals surface area contributed by atoms with Crippen molar-refractivity contribution in [1.29, 1.82) is 0 Å². The topological polar surface area (TPSA) is 64.4 Å². The number of nitro benzene ring substituents is 1. The minimum absolute atomic E-state index is 0.0333. The summed E-state index contributed by atoms with van der Waals surface area (Å²) < 4.78 is 18.2. The highest BCUT2D eigenvalue weighted by molar-refractivity contribution is 5.40. The fourth-order valence-electron chi connectivity index (χ4n) is 2.00. The number of rotatable bonds is 8. The van der Waals surface area contributed by atoms with Crippen molar-refractivity contribution < 1.29 is 14.1 Å². The molecule has 106 valence electrons. The molecule has 0 radical (unpaired) electrons. The van der Waals surface area contributed by atoms with E-state index in [1.54, 1.807) is 7.11 Å². The highest BCUT2D eigenvalue weighted by Crippen LogP contribution is 2.21. The number of hydrogen-bond donors (Lipinski definition) is 1. The summed E-state index contributed by atoms with van der Waals surface area (Å²) in [6, 6.07) is 3.66. The summed E-state index contributed by atoms with van der Waals surface area (Å²) in [7, 11) is 1.61. The lowest BCUT2D eigenvalue weighted by Crippen LogP contribution is -2.33. The summed E-state index contributed by atoms with van der Waals surface area (Å²) in [4.78, 5) is 10.4. The molecule has 0 amide bonds. The number of nitrogens with zero attached hydrogens (tertiary/aromatic N) is 1. The zero-order chi connectivity index (χ0) is 14.3. The van der Waals surface area contributed by atoms with Gasteiger partial charge in [-0.15, -0.1) is 0 Å². The molecule has 0 aliphatic heterocycles. The SMILES string of the molecule is CCNC(CCc1cc(F)ccc1[N+](=O)[O-])COC. The van der Waals surface area contributed by atoms with Crippen LogP contribution in [-0.4, -0.2) is 31.2 Å². The first-order chi connectivity index (χ1) is 9.08. The van der Waals surface area contributed by atoms with E-state index < -0.39 is 10.7 Å². The molecular weight excluding hydrogens is 251 g/mol. The molecule has 0 aliphatic carbocycles. The number of nitro groups is 1. The standard InChI is InChI=1S/C13H19FN2O3/c1-3-15-12(9-19-2)6-4-10-8-11(14)5-7-13(10)16(17)18/h5,7-8,12,15H,3-4,6,9H2,1-2H3. The average Bonchev–Trinajstić information content (AvgIpc) is 2.36. The van der Waals surface area contributed by atoms with E-state index in [0.29, 0.717) is 25.0 Å². The van der Waals surface area contributed by atoms with E-state index in [2.05, 4.69) is 5.32 Å². The quantitative estimate of drug-likeness (QED) is 0.581. The lowest BCUT2D eigenvalue weighted by molar-refractivity contribution is -0.385. The minimum Gasteiger partial charge on any atom is -0.383 e. The molecule has 6 heteroatoms. The minimum atomic E-state index is -0.479. The van der Waals surface area contributed by atoms with E-state index in [4.69, 9.17) is 4.74 Å². The number of methoxy groups -OCH3 is 1. The Labute approximate surface area is 111 Å². The van der Waals surface area contributed by atoms with Crippen molar-refractivity contribution in [2.24, 2.45) is 0 Å². The van der Waals surface area contributed by atoms with Crippen LogP contribution in [0.2, 0.25) is 0 Å². The number of nitrogens with one attached hydrogen (secondary N) is 1. The summed E-state index contributed by atoms with van der Waals surface area (Å²) in [6.45, 7) is 3.30. The molecule has 1 N–H and O–H groups in total. The van der Waals surface area contributed by atoms with Gasteiger partial charge in [0.05, 0.1) is 11.5 Å². The molecule has 1 atom stereocenters. The van der Waals surface area contributed by atoms with E-state index in [1.807, 2.05) is 6.92 Å². The maximum Gasteiger partial charge on any atom is 0.272 e. The van der Waals surface area contributed by atoms with Gasteiger partial charge in [0.2, 0.25) is 0 Å². The molecule has 1 rings (SSSR count). The van der Waals surface area contributed by atoms with Gasteiger partial charge in [-0.3, -0.25) is 10.1 Å². The van der Waals surface area contributed by atoms with Crippen LogP contribution in [0.1, 0.15) is 18.9 Å². The number of halogens is 1. The molecule has 1 unspecified atom stereocenters. The van der Waals surface area contributed by atoms with Gasteiger partial charge in [-0.1, -0.05) is 6.92 Å². The number of ether oxygens (including phenoxy) is 1. The van der Waals surface area contributed by atoms with Crippen molar-refractivity contribution in [3.63, 3.8) is 0 Å². The van der Waals surface area contributed by atoms with Crippen LogP contribution < -0.4 is 5.32 Å². The Hall–Kier alpha value is -1.53. The molecular formula is C13H19FN2O3. The third-order valence-electron chi connectivity index (χ3n) is 2.86. The van der Waals surface area contributed by atoms with Crippen LogP contribution in [0.4, 0.5) is 10.1 Å². The van der Waals surface area contributed by atoms with Crippen LogP contribution in [-0.2, 0) is 11.2 Å². The van der Waals surface area contributed by atoms with Crippen molar-refractivity contribution in [2.45, 2.75) is 25.8 Å². The molecule has 0 saturated heterocycles. The van der Waals surface area contributed by atoms with Crippen molar-refractivity contribution >= 4 is 5.69 Å². The number of benzene rings is 1. The van der Waals surface area contributed by atoms with Crippen LogP contribution in [0, 0.1) is 15.9 Å². The second-order valence-electron chi connectivity index (χ2n) is 4.28. The summed E-state index contributed by atoms with van der Waals surface area (Å²) in [5.74, 6) is -0.452. The first kappa shape index (κ1) is 15.5. The molecule has 1 aromatic rings. The number of likely N-dealkylation sites (N-methyl/N-ethyl adjacent to an activating group) is 1. The Bertz CT molecular complexity index is 420. The smallest absolute Gasteiger partial charge is 0.272 e. The predicted octanol–water partition coefficient (Wildman–Crippen LogP) is 2.29. The molecule has 0 fully saturated rings. The maximum absolute atomic E-state index is 13.2. The normalized spacial score (nSPS) is 12.4. The third-order valence-corrected chi connectivity index (χ3v) is 2.86. The Morgan fingerprint density at radius 3 is 2.84 bits per heavy atom. The van der Waals surface area contributed by atoms with Gasteiger partial charge in [0.1, 0.15) is 5.82 Å². The highest BCUT2D eigenvalue weighted by atomic mass is 19.1. The van der Waals surface area contributed by atoms with Gasteiger partial charge < -0.3 is 10.1 Å². The van der Waals surface area contributed by atoms with Gasteiger partial charge >= 0.3 is 0 Å². The summed E-state index contributed by atoms with van der Waals surface area (Å²) in [5, 5.41) is 14.1. The van der Waals surface area contributed by atoms with Gasteiger partial charge in [-0.25, -0.2) is 4.39 Å². The first-order valence-electron chi connectivity index (χ1n) is 6.23. The second kappa shape index (κ2) is 7.81. The molecule has 0 saturated carbocycles. The number of aryl methyl sites for hydroxylation is 1. The van der Waals surface area contributed by atoms with Gasteiger partial charge in [-0.05, 0) is 31.5 Å². The predicted molar refractivity (Wildman–Crippen MR) is 70.7 cm³/mol. The van der Waals surface area contributed by atoms with Crippen LogP contribution in [0.15, 0.2) is 18.2 Å². The molecule has 1 aromatic carbocycles. The highest BCUT2D eigenvalue weighted by Gasteiger charge is 2.16. The van der Waals surface area contributed by atoms with E-state index in [9.17, 15) is 14.5 Å². The zero-order valence-electron chi connectivity index (χ0n) is 11.2. The van der Waals surface area contributed by atoms with Crippen LogP contribution in [0.5, 0.6) is 0 Å². The molecule has 5 nitrogen and oxygen atoms in total. The summed E-state index contributed by atoms with van der Waals surface area (Å²) >= 11 is 0. The van der Waals surface area contributed by atoms with Crippen molar-refractivity contribution in [3.05, 3.63) is 39.7 Å². The van der Waals surface area contributed by atoms with E-state index in [1.165, 1.54) is 12.1 Å². The van der Waals surface area contributed by atoms with Gasteiger partial charge in [-0.2, -0.15) is 0 Å². The van der Waals surface area contributed by atoms with E-state index in [0.717, 1.165) is 12.6 Å². The first-order valence-corrected chi connectivity index (χ1v) is 6.23. The largest absolute Gasteiger partial charge is 0.383 e. The Kier molecular flexibility index (Phi) is 6.38. The monoisotopic (exact) mass is 270 g/mol. The maximum atomic E-state index is 13.2. The average molecular weight is 270 g/mol. The van der Waals surface area contributed by atoms with Crippen molar-refractivity contribution in [1.82, 2.24) is 5.32 Å². The molecule has 0 heterocycles. The van der Waals surface area contributed by atoms with Crippen LogP contribution in [0.25, 0.3) is 0 Å².